The molecule has 90 valence electrons. The zero-order chi connectivity index (χ0) is 12.3. The van der Waals surface area contributed by atoms with Gasteiger partial charge in [-0.2, -0.15) is 0 Å². The van der Waals surface area contributed by atoms with Gasteiger partial charge in [0, 0.05) is 6.54 Å². The van der Waals surface area contributed by atoms with Gasteiger partial charge >= 0.3 is 0 Å². The van der Waals surface area contributed by atoms with Gasteiger partial charge < -0.3 is 5.32 Å². The minimum absolute atomic E-state index is 0.142. The number of aromatic nitrogens is 2. The first-order valence-corrected chi connectivity index (χ1v) is 5.60. The van der Waals surface area contributed by atoms with Gasteiger partial charge in [-0.1, -0.05) is 12.1 Å². The molecule has 0 saturated heterocycles. The van der Waals surface area contributed by atoms with Crippen LogP contribution in [0.15, 0.2) is 33.9 Å². The number of nitrogens with one attached hydrogen (secondary N) is 2. The second kappa shape index (κ2) is 4.97. The van der Waals surface area contributed by atoms with E-state index < -0.39 is 0 Å². The molecule has 0 radical (unpaired) electrons. The Bertz CT molecular complexity index is 627. The molecule has 2 aromatic rings. The van der Waals surface area contributed by atoms with E-state index in [1.165, 1.54) is 4.68 Å². The average Bonchev–Trinajstić information content (AvgIpc) is 2.36. The standard InChI is InChI=1S/C12H15N3O2/c1-13-7-4-8-15-12(17)10-6-3-2-5-9(10)11(16)14-15/h2-3,5-6,13H,4,7-8H2,1H3,(H,14,16). The minimum Gasteiger partial charge on any atom is -0.320 e. The molecule has 0 aliphatic heterocycles. The van der Waals surface area contributed by atoms with Crippen LogP contribution in [-0.2, 0) is 6.54 Å². The van der Waals surface area contributed by atoms with E-state index in [1.807, 2.05) is 7.05 Å². The Kier molecular flexibility index (Phi) is 3.39. The summed E-state index contributed by atoms with van der Waals surface area (Å²) in [4.78, 5) is 23.8. The number of aryl methyl sites for hydroxylation is 1. The maximum absolute atomic E-state index is 12.0. The number of hydrogen-bond donors (Lipinski definition) is 2. The number of fused-ring (bicyclic) bond motifs is 1. The molecule has 1 aromatic carbocycles. The van der Waals surface area contributed by atoms with Crippen LogP contribution >= 0.6 is 0 Å². The summed E-state index contributed by atoms with van der Waals surface area (Å²) >= 11 is 0. The predicted molar refractivity (Wildman–Crippen MR) is 67.4 cm³/mol. The lowest BCUT2D eigenvalue weighted by atomic mass is 10.2. The molecule has 0 saturated carbocycles. The van der Waals surface area contributed by atoms with Crippen LogP contribution in [0.3, 0.4) is 0 Å². The fraction of sp³-hybridized carbons (Fsp3) is 0.333. The van der Waals surface area contributed by atoms with Crippen LogP contribution in [0.2, 0.25) is 0 Å². The number of hydrogen-bond acceptors (Lipinski definition) is 3. The van der Waals surface area contributed by atoms with Gasteiger partial charge in [0.1, 0.15) is 0 Å². The van der Waals surface area contributed by atoms with Crippen molar-refractivity contribution in [3.05, 3.63) is 45.0 Å². The highest BCUT2D eigenvalue weighted by Gasteiger charge is 2.05. The Morgan fingerprint density at radius 2 is 1.94 bits per heavy atom. The van der Waals surface area contributed by atoms with Gasteiger partial charge in [0.05, 0.1) is 10.8 Å². The molecule has 0 aliphatic carbocycles. The molecule has 1 heterocycles. The summed E-state index contributed by atoms with van der Waals surface area (Å²) in [5.41, 5.74) is -0.360. The third kappa shape index (κ3) is 2.29. The molecule has 0 bridgehead atoms. The highest BCUT2D eigenvalue weighted by molar-refractivity contribution is 5.80. The van der Waals surface area contributed by atoms with E-state index in [0.29, 0.717) is 17.3 Å². The van der Waals surface area contributed by atoms with Crippen molar-refractivity contribution in [1.29, 1.82) is 0 Å². The molecule has 0 fully saturated rings. The van der Waals surface area contributed by atoms with Gasteiger partial charge in [-0.15, -0.1) is 0 Å². The lowest BCUT2D eigenvalue weighted by molar-refractivity contribution is 0.535. The quantitative estimate of drug-likeness (QED) is 0.746. The monoisotopic (exact) mass is 233 g/mol. The van der Waals surface area contributed by atoms with Crippen molar-refractivity contribution in [2.75, 3.05) is 13.6 Å². The van der Waals surface area contributed by atoms with Crippen molar-refractivity contribution in [3.8, 4) is 0 Å². The maximum atomic E-state index is 12.0. The average molecular weight is 233 g/mol. The molecular weight excluding hydrogens is 218 g/mol. The molecule has 2 N–H and O–H groups in total. The van der Waals surface area contributed by atoms with Gasteiger partial charge in [0.2, 0.25) is 0 Å². The second-order valence-electron chi connectivity index (χ2n) is 3.90. The molecule has 1 aromatic heterocycles. The first-order valence-electron chi connectivity index (χ1n) is 5.60. The Morgan fingerprint density at radius 3 is 2.65 bits per heavy atom. The summed E-state index contributed by atoms with van der Waals surface area (Å²) in [6, 6.07) is 6.86. The Balaban J connectivity index is 2.48. The van der Waals surface area contributed by atoms with Crippen molar-refractivity contribution in [2.24, 2.45) is 0 Å². The van der Waals surface area contributed by atoms with Gasteiger partial charge in [-0.05, 0) is 32.1 Å². The SMILES string of the molecule is CNCCCn1[nH]c(=O)c2ccccc2c1=O. The van der Waals surface area contributed by atoms with Crippen LogP contribution in [0, 0.1) is 0 Å². The number of nitrogens with zero attached hydrogens (tertiary/aromatic N) is 1. The minimum atomic E-state index is -0.218. The summed E-state index contributed by atoms with van der Waals surface area (Å²) in [5.74, 6) is 0. The normalized spacial score (nSPS) is 10.9. The number of rotatable bonds is 4. The third-order valence-corrected chi connectivity index (χ3v) is 2.69. The molecule has 0 spiro atoms. The number of aromatic amines is 1. The molecule has 0 unspecified atom stereocenters. The smallest absolute Gasteiger partial charge is 0.273 e. The molecule has 0 atom stereocenters. The van der Waals surface area contributed by atoms with E-state index in [-0.39, 0.29) is 11.1 Å². The van der Waals surface area contributed by atoms with Crippen LogP contribution in [0.25, 0.3) is 10.8 Å². The third-order valence-electron chi connectivity index (χ3n) is 2.69. The summed E-state index contributed by atoms with van der Waals surface area (Å²) in [5, 5.41) is 6.52. The van der Waals surface area contributed by atoms with E-state index in [1.54, 1.807) is 24.3 Å². The van der Waals surface area contributed by atoms with Crippen LogP contribution in [0.4, 0.5) is 0 Å². The van der Waals surface area contributed by atoms with Crippen molar-refractivity contribution in [1.82, 2.24) is 15.1 Å². The Labute approximate surface area is 98.1 Å². The lowest BCUT2D eigenvalue weighted by Crippen LogP contribution is -2.30. The van der Waals surface area contributed by atoms with E-state index in [9.17, 15) is 9.59 Å². The van der Waals surface area contributed by atoms with Crippen LogP contribution in [0.5, 0.6) is 0 Å². The first kappa shape index (κ1) is 11.6. The van der Waals surface area contributed by atoms with E-state index >= 15 is 0 Å². The van der Waals surface area contributed by atoms with Gasteiger partial charge in [-0.3, -0.25) is 14.7 Å². The van der Waals surface area contributed by atoms with Crippen molar-refractivity contribution < 1.29 is 0 Å². The Hall–Kier alpha value is -1.88. The fourth-order valence-corrected chi connectivity index (χ4v) is 1.82. The largest absolute Gasteiger partial charge is 0.320 e. The van der Waals surface area contributed by atoms with Gasteiger partial charge in [-0.25, -0.2) is 4.68 Å². The summed E-state index contributed by atoms with van der Waals surface area (Å²) < 4.78 is 1.38. The predicted octanol–water partition coefficient (Wildman–Crippen LogP) is 0.299. The zero-order valence-corrected chi connectivity index (χ0v) is 9.69. The van der Waals surface area contributed by atoms with Crippen molar-refractivity contribution in [2.45, 2.75) is 13.0 Å². The van der Waals surface area contributed by atoms with Crippen molar-refractivity contribution in [3.63, 3.8) is 0 Å². The first-order chi connectivity index (χ1) is 8.24. The van der Waals surface area contributed by atoms with Gasteiger partial charge in [0.15, 0.2) is 0 Å². The highest BCUT2D eigenvalue weighted by atomic mass is 16.2. The molecule has 5 heteroatoms. The summed E-state index contributed by atoms with van der Waals surface area (Å²) in [7, 11) is 1.85. The Morgan fingerprint density at radius 1 is 1.24 bits per heavy atom. The molecule has 2 rings (SSSR count). The molecule has 5 nitrogen and oxygen atoms in total. The summed E-state index contributed by atoms with van der Waals surface area (Å²) in [6.07, 6.45) is 0.796. The van der Waals surface area contributed by atoms with Crippen LogP contribution < -0.4 is 16.4 Å². The number of H-pyrrole nitrogens is 1. The fourth-order valence-electron chi connectivity index (χ4n) is 1.82. The zero-order valence-electron chi connectivity index (χ0n) is 9.69. The van der Waals surface area contributed by atoms with E-state index in [2.05, 4.69) is 10.4 Å². The second-order valence-corrected chi connectivity index (χ2v) is 3.90. The number of benzene rings is 1. The summed E-state index contributed by atoms with van der Waals surface area (Å²) in [6.45, 7) is 1.32. The lowest BCUT2D eigenvalue weighted by Gasteiger charge is -2.06. The van der Waals surface area contributed by atoms with Crippen molar-refractivity contribution >= 4 is 10.8 Å². The van der Waals surface area contributed by atoms with E-state index in [0.717, 1.165) is 13.0 Å². The van der Waals surface area contributed by atoms with Crippen LogP contribution in [0.1, 0.15) is 6.42 Å². The van der Waals surface area contributed by atoms with Crippen LogP contribution in [-0.4, -0.2) is 23.4 Å². The molecule has 0 aliphatic rings. The molecule has 17 heavy (non-hydrogen) atoms. The molecule has 0 amide bonds. The maximum Gasteiger partial charge on any atom is 0.273 e. The molecular formula is C12H15N3O2. The highest BCUT2D eigenvalue weighted by Crippen LogP contribution is 2.02. The van der Waals surface area contributed by atoms with E-state index in [4.69, 9.17) is 0 Å². The van der Waals surface area contributed by atoms with Gasteiger partial charge in [0.25, 0.3) is 11.1 Å². The topological polar surface area (TPSA) is 66.9 Å².